The SMILES string of the molecule is CC(CN1CCCCC1)NC(=O)COCCN. The average Bonchev–Trinajstić information content (AvgIpc) is 2.30. The second-order valence-corrected chi connectivity index (χ2v) is 4.67. The maximum atomic E-state index is 11.5. The van der Waals surface area contributed by atoms with Crippen molar-refractivity contribution in [2.45, 2.75) is 32.2 Å². The van der Waals surface area contributed by atoms with Crippen LogP contribution < -0.4 is 11.1 Å². The fourth-order valence-electron chi connectivity index (χ4n) is 2.14. The van der Waals surface area contributed by atoms with Gasteiger partial charge in [-0.2, -0.15) is 0 Å². The van der Waals surface area contributed by atoms with Crippen molar-refractivity contribution in [2.75, 3.05) is 39.4 Å². The Morgan fingerprint density at radius 2 is 2.12 bits per heavy atom. The molecule has 1 fully saturated rings. The van der Waals surface area contributed by atoms with Crippen LogP contribution in [0.5, 0.6) is 0 Å². The topological polar surface area (TPSA) is 67.6 Å². The molecule has 1 amide bonds. The fraction of sp³-hybridized carbons (Fsp3) is 0.917. The van der Waals surface area contributed by atoms with Gasteiger partial charge < -0.3 is 20.7 Å². The molecule has 1 aliphatic rings. The molecule has 17 heavy (non-hydrogen) atoms. The Labute approximate surface area is 104 Å². The van der Waals surface area contributed by atoms with Crippen LogP contribution in [-0.2, 0) is 9.53 Å². The predicted octanol–water partition coefficient (Wildman–Crippen LogP) is -0.0477. The number of nitrogens with zero attached hydrogens (tertiary/aromatic N) is 1. The zero-order chi connectivity index (χ0) is 12.5. The summed E-state index contributed by atoms with van der Waals surface area (Å²) < 4.78 is 5.08. The van der Waals surface area contributed by atoms with Crippen molar-refractivity contribution in [2.24, 2.45) is 5.73 Å². The normalized spacial score (nSPS) is 18.9. The van der Waals surface area contributed by atoms with Gasteiger partial charge in [0.25, 0.3) is 0 Å². The third kappa shape index (κ3) is 6.61. The van der Waals surface area contributed by atoms with Gasteiger partial charge in [-0.05, 0) is 32.9 Å². The minimum Gasteiger partial charge on any atom is -0.370 e. The van der Waals surface area contributed by atoms with Crippen LogP contribution in [0.4, 0.5) is 0 Å². The minimum atomic E-state index is -0.0528. The zero-order valence-electron chi connectivity index (χ0n) is 10.8. The van der Waals surface area contributed by atoms with Gasteiger partial charge in [-0.1, -0.05) is 6.42 Å². The second kappa shape index (κ2) is 8.44. The fourth-order valence-corrected chi connectivity index (χ4v) is 2.14. The largest absolute Gasteiger partial charge is 0.370 e. The van der Waals surface area contributed by atoms with E-state index in [0.717, 1.165) is 19.6 Å². The zero-order valence-corrected chi connectivity index (χ0v) is 10.8. The highest BCUT2D eigenvalue weighted by Gasteiger charge is 2.14. The molecular formula is C12H25N3O2. The first-order valence-electron chi connectivity index (χ1n) is 6.52. The van der Waals surface area contributed by atoms with Crippen LogP contribution in [0.15, 0.2) is 0 Å². The number of amides is 1. The van der Waals surface area contributed by atoms with E-state index in [2.05, 4.69) is 10.2 Å². The number of likely N-dealkylation sites (tertiary alicyclic amines) is 1. The van der Waals surface area contributed by atoms with Crippen LogP contribution >= 0.6 is 0 Å². The van der Waals surface area contributed by atoms with E-state index in [4.69, 9.17) is 10.5 Å². The summed E-state index contributed by atoms with van der Waals surface area (Å²) in [6.45, 7) is 6.29. The van der Waals surface area contributed by atoms with Gasteiger partial charge in [0.2, 0.25) is 5.91 Å². The number of piperidine rings is 1. The van der Waals surface area contributed by atoms with Crippen LogP contribution in [0.25, 0.3) is 0 Å². The summed E-state index contributed by atoms with van der Waals surface area (Å²) in [6.07, 6.45) is 3.89. The number of ether oxygens (including phenoxy) is 1. The lowest BCUT2D eigenvalue weighted by molar-refractivity contribution is -0.126. The molecule has 0 radical (unpaired) electrons. The Hall–Kier alpha value is -0.650. The molecule has 3 N–H and O–H groups in total. The molecule has 1 unspecified atom stereocenters. The summed E-state index contributed by atoms with van der Waals surface area (Å²) in [4.78, 5) is 13.9. The van der Waals surface area contributed by atoms with Crippen molar-refractivity contribution in [3.05, 3.63) is 0 Å². The Morgan fingerprint density at radius 3 is 2.76 bits per heavy atom. The summed E-state index contributed by atoms with van der Waals surface area (Å²) >= 11 is 0. The number of carbonyl (C=O) groups is 1. The van der Waals surface area contributed by atoms with Crippen molar-refractivity contribution >= 4 is 5.91 Å². The highest BCUT2D eigenvalue weighted by molar-refractivity contribution is 5.77. The Morgan fingerprint density at radius 1 is 1.41 bits per heavy atom. The lowest BCUT2D eigenvalue weighted by atomic mass is 10.1. The average molecular weight is 243 g/mol. The molecule has 5 heteroatoms. The van der Waals surface area contributed by atoms with E-state index in [1.807, 2.05) is 6.92 Å². The maximum absolute atomic E-state index is 11.5. The lowest BCUT2D eigenvalue weighted by Crippen LogP contribution is -2.44. The molecule has 5 nitrogen and oxygen atoms in total. The van der Waals surface area contributed by atoms with Gasteiger partial charge >= 0.3 is 0 Å². The van der Waals surface area contributed by atoms with Crippen LogP contribution in [0.2, 0.25) is 0 Å². The van der Waals surface area contributed by atoms with Gasteiger partial charge in [-0.25, -0.2) is 0 Å². The second-order valence-electron chi connectivity index (χ2n) is 4.67. The number of carbonyl (C=O) groups excluding carboxylic acids is 1. The molecule has 0 aliphatic carbocycles. The lowest BCUT2D eigenvalue weighted by Gasteiger charge is -2.29. The quantitative estimate of drug-likeness (QED) is 0.615. The molecule has 0 saturated carbocycles. The first-order chi connectivity index (χ1) is 8.22. The molecule has 1 aliphatic heterocycles. The number of nitrogens with two attached hydrogens (primary N) is 1. The van der Waals surface area contributed by atoms with Gasteiger partial charge in [-0.15, -0.1) is 0 Å². The highest BCUT2D eigenvalue weighted by Crippen LogP contribution is 2.08. The van der Waals surface area contributed by atoms with E-state index in [-0.39, 0.29) is 18.6 Å². The molecule has 0 aromatic rings. The number of hydrogen-bond donors (Lipinski definition) is 2. The van der Waals surface area contributed by atoms with Crippen molar-refractivity contribution in [3.8, 4) is 0 Å². The van der Waals surface area contributed by atoms with Gasteiger partial charge in [0.05, 0.1) is 6.61 Å². The minimum absolute atomic E-state index is 0.0528. The van der Waals surface area contributed by atoms with E-state index in [1.54, 1.807) is 0 Å². The number of nitrogens with one attached hydrogen (secondary N) is 1. The predicted molar refractivity (Wildman–Crippen MR) is 67.8 cm³/mol. The van der Waals surface area contributed by atoms with Crippen LogP contribution in [-0.4, -0.2) is 56.2 Å². The van der Waals surface area contributed by atoms with Crippen LogP contribution in [0, 0.1) is 0 Å². The van der Waals surface area contributed by atoms with Crippen LogP contribution in [0.1, 0.15) is 26.2 Å². The van der Waals surface area contributed by atoms with E-state index >= 15 is 0 Å². The smallest absolute Gasteiger partial charge is 0.246 e. The van der Waals surface area contributed by atoms with E-state index in [0.29, 0.717) is 13.2 Å². The van der Waals surface area contributed by atoms with Crippen molar-refractivity contribution in [3.63, 3.8) is 0 Å². The van der Waals surface area contributed by atoms with Crippen molar-refractivity contribution in [1.29, 1.82) is 0 Å². The van der Waals surface area contributed by atoms with Gasteiger partial charge in [0, 0.05) is 19.1 Å². The Kier molecular flexibility index (Phi) is 7.16. The highest BCUT2D eigenvalue weighted by atomic mass is 16.5. The van der Waals surface area contributed by atoms with Gasteiger partial charge in [0.15, 0.2) is 0 Å². The van der Waals surface area contributed by atoms with Crippen LogP contribution in [0.3, 0.4) is 0 Å². The van der Waals surface area contributed by atoms with Crippen molar-refractivity contribution in [1.82, 2.24) is 10.2 Å². The molecule has 1 rings (SSSR count). The molecular weight excluding hydrogens is 218 g/mol. The molecule has 0 aromatic heterocycles. The molecule has 100 valence electrons. The summed E-state index contributed by atoms with van der Waals surface area (Å²) in [6, 6.07) is 0.182. The molecule has 0 spiro atoms. The summed E-state index contributed by atoms with van der Waals surface area (Å²) in [7, 11) is 0. The number of hydrogen-bond acceptors (Lipinski definition) is 4. The molecule has 1 saturated heterocycles. The molecule has 1 heterocycles. The molecule has 0 aromatic carbocycles. The third-order valence-corrected chi connectivity index (χ3v) is 2.88. The maximum Gasteiger partial charge on any atom is 0.246 e. The first kappa shape index (κ1) is 14.4. The van der Waals surface area contributed by atoms with E-state index < -0.39 is 0 Å². The Bertz CT molecular complexity index is 218. The van der Waals surface area contributed by atoms with Crippen molar-refractivity contribution < 1.29 is 9.53 Å². The summed E-state index contributed by atoms with van der Waals surface area (Å²) in [5.41, 5.74) is 5.28. The monoisotopic (exact) mass is 243 g/mol. The first-order valence-corrected chi connectivity index (χ1v) is 6.52. The Balaban J connectivity index is 2.10. The third-order valence-electron chi connectivity index (χ3n) is 2.88. The number of rotatable bonds is 7. The molecule has 1 atom stereocenters. The molecule has 0 bridgehead atoms. The van der Waals surface area contributed by atoms with Gasteiger partial charge in [-0.3, -0.25) is 4.79 Å². The van der Waals surface area contributed by atoms with E-state index in [1.165, 1.54) is 19.3 Å². The standard InChI is InChI=1S/C12H25N3O2/c1-11(9-15-6-3-2-4-7-15)14-12(16)10-17-8-5-13/h11H,2-10,13H2,1H3,(H,14,16). The summed E-state index contributed by atoms with van der Waals surface area (Å²) in [5, 5.41) is 2.94. The van der Waals surface area contributed by atoms with Gasteiger partial charge in [0.1, 0.15) is 6.61 Å². The summed E-state index contributed by atoms with van der Waals surface area (Å²) in [5.74, 6) is -0.0528. The van der Waals surface area contributed by atoms with E-state index in [9.17, 15) is 4.79 Å².